The molecular weight excluding hydrogens is 1090 g/mol. The molecule has 0 aliphatic rings. The maximum atomic E-state index is 5.20. The Balaban J connectivity index is 0.00000210. The minimum absolute atomic E-state index is 0.393. The number of benzene rings is 3. The number of para-hydroxylation sites is 2. The first-order valence-electron chi connectivity index (χ1n) is 17.5. The Bertz CT molecular complexity index is 1560. The average Bonchev–Trinajstić information content (AvgIpc) is 3.07. The zero-order valence-corrected chi connectivity index (χ0v) is 43.2. The summed E-state index contributed by atoms with van der Waals surface area (Å²) in [5.41, 5.74) is 17.7. The monoisotopic (exact) mass is 1150 g/mol. The predicted octanol–water partition coefficient (Wildman–Crippen LogP) is 16.6. The van der Waals surface area contributed by atoms with Crippen LogP contribution in [0.5, 0.6) is 0 Å². The molecule has 0 fully saturated rings. The van der Waals surface area contributed by atoms with Crippen LogP contribution in [-0.2, 0) is 27.9 Å². The molecule has 3 aromatic rings. The van der Waals surface area contributed by atoms with E-state index in [4.69, 9.17) is 20.0 Å². The molecule has 0 aromatic heterocycles. The van der Waals surface area contributed by atoms with Gasteiger partial charge in [0.25, 0.3) is 0 Å². The van der Waals surface area contributed by atoms with Gasteiger partial charge in [-0.15, -0.1) is 0 Å². The van der Waals surface area contributed by atoms with E-state index in [-0.39, 0.29) is 0 Å². The van der Waals surface area contributed by atoms with E-state index >= 15 is 0 Å². The van der Waals surface area contributed by atoms with Crippen LogP contribution in [0.2, 0.25) is 0 Å². The number of halogens is 4. The van der Waals surface area contributed by atoms with Crippen molar-refractivity contribution in [1.82, 2.24) is 0 Å². The van der Waals surface area contributed by atoms with Gasteiger partial charge in [-0.2, -0.15) is 0 Å². The Morgan fingerprint density at radius 3 is 0.750 bits per heavy atom. The normalized spacial score (nSPS) is 12.9. The van der Waals surface area contributed by atoms with E-state index in [1.165, 1.54) is 22.3 Å². The summed E-state index contributed by atoms with van der Waals surface area (Å²) >= 11 is 13.6. The molecule has 0 bridgehead atoms. The molecule has 0 aliphatic heterocycles. The van der Waals surface area contributed by atoms with Crippen LogP contribution >= 0.6 is 53.7 Å². The molecule has 52 heavy (non-hydrogen) atoms. The fraction of sp³-hybridized carbons (Fsp3) is 0.476. The van der Waals surface area contributed by atoms with Gasteiger partial charge in [-0.25, -0.2) is 0 Å². The summed E-state index contributed by atoms with van der Waals surface area (Å²) in [5, 5.41) is 0. The summed E-state index contributed by atoms with van der Waals surface area (Å²) < 4.78 is 0. The van der Waals surface area contributed by atoms with Crippen molar-refractivity contribution in [2.75, 3.05) is 0 Å². The van der Waals surface area contributed by atoms with E-state index in [0.717, 1.165) is 67.9 Å². The second kappa shape index (κ2) is 24.3. The van der Waals surface area contributed by atoms with Gasteiger partial charge in [-0.3, -0.25) is 20.0 Å². The second-order valence-electron chi connectivity index (χ2n) is 14.3. The Hall–Kier alpha value is -0.415. The molecule has 0 N–H and O–H groups in total. The van der Waals surface area contributed by atoms with Gasteiger partial charge in [0, 0.05) is 0 Å². The molecule has 0 spiro atoms. The van der Waals surface area contributed by atoms with Crippen molar-refractivity contribution in [2.45, 2.75) is 134 Å². The van der Waals surface area contributed by atoms with Gasteiger partial charge >= 0.3 is 81.6 Å². The Kier molecular flexibility index (Phi) is 23.2. The standard InChI is InChI=1S/C42H58N4.4BrH.2Pd/c1-23(2)35-19-17-20-36(24(3)4)41(35)45-33(15)31(13)43-39-27(9)29(11)40(30(12)28(39)10)44-32(14)34(16)46-42-37(25(5)6)21-18-22-38(42)26(7)8;;;;;;/h17-26H,1-16H3;4*1H;;/q;;;;;2*+2/p-4. The molecule has 0 radical (unpaired) electrons. The van der Waals surface area contributed by atoms with Crippen LogP contribution in [0.25, 0.3) is 0 Å². The van der Waals surface area contributed by atoms with Crippen LogP contribution in [0.15, 0.2) is 56.4 Å². The van der Waals surface area contributed by atoms with Crippen molar-refractivity contribution < 1.29 is 27.9 Å². The average molecular weight is 1150 g/mol. The van der Waals surface area contributed by atoms with Crippen molar-refractivity contribution in [2.24, 2.45) is 20.0 Å². The molecule has 3 aromatic carbocycles. The zero-order valence-electron chi connectivity index (χ0n) is 33.7. The molecule has 294 valence electrons. The second-order valence-corrected chi connectivity index (χ2v) is 28.6. The number of aliphatic imine (C=N–C) groups is 4. The summed E-state index contributed by atoms with van der Waals surface area (Å²) in [7, 11) is 0. The van der Waals surface area contributed by atoms with Gasteiger partial charge in [0.2, 0.25) is 0 Å². The predicted molar refractivity (Wildman–Crippen MR) is 241 cm³/mol. The fourth-order valence-electron chi connectivity index (χ4n) is 5.88. The first-order chi connectivity index (χ1) is 24.3. The third kappa shape index (κ3) is 14.0. The molecular formula is C42H58Br4N4Pd2. The van der Waals surface area contributed by atoms with Gasteiger partial charge in [0.05, 0.1) is 45.6 Å². The Morgan fingerprint density at radius 1 is 0.404 bits per heavy atom. The van der Waals surface area contributed by atoms with Crippen LogP contribution < -0.4 is 0 Å². The molecule has 3 rings (SSSR count). The molecule has 0 atom stereocenters. The van der Waals surface area contributed by atoms with Gasteiger partial charge in [0.1, 0.15) is 0 Å². The van der Waals surface area contributed by atoms with Crippen LogP contribution in [0.1, 0.15) is 151 Å². The number of hydrogen-bond acceptors (Lipinski definition) is 4. The summed E-state index contributed by atoms with van der Waals surface area (Å²) in [6, 6.07) is 13.1. The summed E-state index contributed by atoms with van der Waals surface area (Å²) in [6.45, 7) is 34.8. The third-order valence-corrected chi connectivity index (χ3v) is 9.40. The molecule has 4 nitrogen and oxygen atoms in total. The fourth-order valence-corrected chi connectivity index (χ4v) is 5.88. The number of nitrogens with zero attached hydrogens (tertiary/aromatic N) is 4. The van der Waals surface area contributed by atoms with Crippen LogP contribution in [0, 0.1) is 27.7 Å². The van der Waals surface area contributed by atoms with Crippen molar-refractivity contribution in [1.29, 1.82) is 0 Å². The van der Waals surface area contributed by atoms with Gasteiger partial charge in [-0.1, -0.05) is 91.8 Å². The van der Waals surface area contributed by atoms with Crippen molar-refractivity contribution in [3.8, 4) is 0 Å². The molecule has 0 heterocycles. The van der Waals surface area contributed by atoms with Crippen molar-refractivity contribution in [3.63, 3.8) is 0 Å². The van der Waals surface area contributed by atoms with Crippen molar-refractivity contribution in [3.05, 3.63) is 80.9 Å². The van der Waals surface area contributed by atoms with E-state index in [0.29, 0.717) is 51.6 Å². The SMILES string of the molecule is CC(=Nc1c(C(C)C)cccc1C(C)C)C(C)=Nc1c(C)c(C)c(N=C(C)C(C)=Nc2c(C(C)C)cccc2C(C)C)c(C)c1C.[Br][Pd][Br].[Br][Pd][Br]. The number of rotatable bonds is 10. The molecule has 0 unspecified atom stereocenters. The first kappa shape index (κ1) is 49.6. The van der Waals surface area contributed by atoms with Crippen LogP contribution in [0.4, 0.5) is 22.7 Å². The van der Waals surface area contributed by atoms with Crippen LogP contribution in [0.3, 0.4) is 0 Å². The van der Waals surface area contributed by atoms with Crippen molar-refractivity contribution >= 4 is 99.3 Å². The Labute approximate surface area is 358 Å². The first-order valence-corrected chi connectivity index (χ1v) is 31.7. The summed E-state index contributed by atoms with van der Waals surface area (Å²) in [5.74, 6) is 1.57. The van der Waals surface area contributed by atoms with E-state index < -0.39 is 0 Å². The molecule has 10 heteroatoms. The van der Waals surface area contributed by atoms with Gasteiger partial charge in [0.15, 0.2) is 0 Å². The van der Waals surface area contributed by atoms with Gasteiger partial charge in [-0.05, 0) is 124 Å². The van der Waals surface area contributed by atoms with E-state index in [1.54, 1.807) is 0 Å². The molecule has 0 aliphatic carbocycles. The van der Waals surface area contributed by atoms with Gasteiger partial charge < -0.3 is 0 Å². The topological polar surface area (TPSA) is 49.4 Å². The number of hydrogen-bond donors (Lipinski definition) is 0. The summed E-state index contributed by atoms with van der Waals surface area (Å²) in [4.78, 5) is 20.8. The Morgan fingerprint density at radius 2 is 0.577 bits per heavy atom. The molecule has 0 amide bonds. The van der Waals surface area contributed by atoms with E-state index in [2.05, 4.69) is 201 Å². The third-order valence-electron chi connectivity index (χ3n) is 9.40. The quantitative estimate of drug-likeness (QED) is 0.144. The van der Waals surface area contributed by atoms with E-state index in [9.17, 15) is 0 Å². The zero-order chi connectivity index (χ0) is 40.0. The molecule has 0 saturated carbocycles. The van der Waals surface area contributed by atoms with Crippen LogP contribution in [-0.4, -0.2) is 22.8 Å². The minimum atomic E-state index is 0.393. The van der Waals surface area contributed by atoms with E-state index in [1.807, 2.05) is 0 Å². The molecule has 0 saturated heterocycles. The summed E-state index contributed by atoms with van der Waals surface area (Å²) in [6.07, 6.45) is 0. The maximum absolute atomic E-state index is 5.20.